The number of hydrogen-bond acceptors (Lipinski definition) is 3. The zero-order valence-corrected chi connectivity index (χ0v) is 17.6. The normalized spacial score (nSPS) is 22.7. The summed E-state index contributed by atoms with van der Waals surface area (Å²) in [5, 5.41) is 29.8. The van der Waals surface area contributed by atoms with Crippen LogP contribution in [-0.4, -0.2) is 33.1 Å². The van der Waals surface area contributed by atoms with Crippen molar-refractivity contribution in [3.63, 3.8) is 0 Å². The Morgan fingerprint density at radius 1 is 1.25 bits per heavy atom. The second kappa shape index (κ2) is 10.2. The van der Waals surface area contributed by atoms with Crippen molar-refractivity contribution in [3.05, 3.63) is 65.3 Å². The zero-order valence-electron chi connectivity index (χ0n) is 17.6. The number of hydrogen-bond donors (Lipinski definition) is 3. The van der Waals surface area contributed by atoms with Crippen LogP contribution in [0.1, 0.15) is 70.4 Å². The Kier molecular flexibility index (Phi) is 8.23. The number of aliphatic hydroxyl groups is 3. The lowest BCUT2D eigenvalue weighted by Crippen LogP contribution is -2.26. The third-order valence-electron chi connectivity index (χ3n) is 5.43. The highest BCUT2D eigenvalue weighted by atomic mass is 16.3. The fourth-order valence-electron chi connectivity index (χ4n) is 3.69. The van der Waals surface area contributed by atoms with E-state index in [4.69, 9.17) is 0 Å². The SMILES string of the molecule is C=C1/C(=C\C=C(/CC)c2cccc(CCCCC(C)(C)O)c2)C[C@@H](O)C[C@@H]1O. The molecule has 0 saturated heterocycles. The molecule has 2 atom stereocenters. The van der Waals surface area contributed by atoms with E-state index in [0.29, 0.717) is 12.8 Å². The first-order valence-corrected chi connectivity index (χ1v) is 10.5. The van der Waals surface area contributed by atoms with Crippen molar-refractivity contribution < 1.29 is 15.3 Å². The van der Waals surface area contributed by atoms with E-state index in [1.165, 1.54) is 16.7 Å². The number of allylic oxidation sites excluding steroid dienone is 3. The van der Waals surface area contributed by atoms with E-state index in [-0.39, 0.29) is 0 Å². The van der Waals surface area contributed by atoms with Crippen molar-refractivity contribution in [1.82, 2.24) is 0 Å². The molecule has 0 amide bonds. The van der Waals surface area contributed by atoms with Crippen LogP contribution >= 0.6 is 0 Å². The smallest absolute Gasteiger partial charge is 0.0811 e. The van der Waals surface area contributed by atoms with Gasteiger partial charge in [-0.15, -0.1) is 0 Å². The minimum atomic E-state index is -0.652. The van der Waals surface area contributed by atoms with Gasteiger partial charge >= 0.3 is 0 Å². The lowest BCUT2D eigenvalue weighted by atomic mass is 9.85. The van der Waals surface area contributed by atoms with Gasteiger partial charge in [0.15, 0.2) is 0 Å². The van der Waals surface area contributed by atoms with Gasteiger partial charge in [0.2, 0.25) is 0 Å². The molecule has 0 radical (unpaired) electrons. The Balaban J connectivity index is 2.08. The van der Waals surface area contributed by atoms with Crippen molar-refractivity contribution in [2.24, 2.45) is 0 Å². The maximum absolute atomic E-state index is 10.0. The molecule has 2 rings (SSSR count). The van der Waals surface area contributed by atoms with Crippen molar-refractivity contribution in [2.75, 3.05) is 0 Å². The Hall–Kier alpha value is -1.68. The molecule has 0 aromatic heterocycles. The molecule has 1 aromatic carbocycles. The molecular formula is C25H36O3. The highest BCUT2D eigenvalue weighted by Gasteiger charge is 2.24. The first kappa shape index (κ1) is 22.6. The molecule has 0 unspecified atom stereocenters. The van der Waals surface area contributed by atoms with Gasteiger partial charge in [0, 0.05) is 6.42 Å². The highest BCUT2D eigenvalue weighted by molar-refractivity contribution is 5.68. The number of aryl methyl sites for hydroxylation is 1. The van der Waals surface area contributed by atoms with E-state index in [1.54, 1.807) is 0 Å². The van der Waals surface area contributed by atoms with Crippen LogP contribution in [0, 0.1) is 0 Å². The molecule has 1 fully saturated rings. The summed E-state index contributed by atoms with van der Waals surface area (Å²) in [7, 11) is 0. The second-order valence-corrected chi connectivity index (χ2v) is 8.59. The van der Waals surface area contributed by atoms with E-state index in [9.17, 15) is 15.3 Å². The van der Waals surface area contributed by atoms with Crippen molar-refractivity contribution in [1.29, 1.82) is 0 Å². The van der Waals surface area contributed by atoms with Crippen molar-refractivity contribution in [3.8, 4) is 0 Å². The Labute approximate surface area is 170 Å². The average Bonchev–Trinajstić information content (AvgIpc) is 2.63. The third kappa shape index (κ3) is 7.05. The zero-order chi connectivity index (χ0) is 20.7. The first-order valence-electron chi connectivity index (χ1n) is 10.5. The maximum atomic E-state index is 10.0. The van der Waals surface area contributed by atoms with Crippen LogP contribution in [-0.2, 0) is 6.42 Å². The van der Waals surface area contributed by atoms with Crippen molar-refractivity contribution >= 4 is 5.57 Å². The molecule has 3 heteroatoms. The van der Waals surface area contributed by atoms with Gasteiger partial charge in [0.25, 0.3) is 0 Å². The summed E-state index contributed by atoms with van der Waals surface area (Å²) in [6, 6.07) is 8.64. The van der Waals surface area contributed by atoms with Gasteiger partial charge in [0.1, 0.15) is 0 Å². The number of aliphatic hydroxyl groups excluding tert-OH is 2. The summed E-state index contributed by atoms with van der Waals surface area (Å²) in [5.41, 5.74) is 4.82. The summed E-state index contributed by atoms with van der Waals surface area (Å²) in [4.78, 5) is 0. The molecule has 0 heterocycles. The van der Waals surface area contributed by atoms with E-state index in [0.717, 1.165) is 43.3 Å². The van der Waals surface area contributed by atoms with E-state index in [1.807, 2.05) is 19.9 Å². The molecule has 3 nitrogen and oxygen atoms in total. The van der Waals surface area contributed by atoms with E-state index >= 15 is 0 Å². The summed E-state index contributed by atoms with van der Waals surface area (Å²) in [5.74, 6) is 0. The van der Waals surface area contributed by atoms with Crippen LogP contribution in [0.3, 0.4) is 0 Å². The summed E-state index contributed by atoms with van der Waals surface area (Å²) in [6.45, 7) is 9.84. The van der Waals surface area contributed by atoms with Crippen LogP contribution in [0.4, 0.5) is 0 Å². The van der Waals surface area contributed by atoms with Crippen LogP contribution in [0.25, 0.3) is 5.57 Å². The molecule has 0 spiro atoms. The predicted octanol–water partition coefficient (Wildman–Crippen LogP) is 4.96. The minimum absolute atomic E-state index is 0.371. The fourth-order valence-corrected chi connectivity index (χ4v) is 3.69. The molecule has 28 heavy (non-hydrogen) atoms. The van der Waals surface area contributed by atoms with Crippen LogP contribution < -0.4 is 0 Å². The Bertz CT molecular complexity index is 722. The summed E-state index contributed by atoms with van der Waals surface area (Å²) < 4.78 is 0. The monoisotopic (exact) mass is 384 g/mol. The number of unbranched alkanes of at least 4 members (excludes halogenated alkanes) is 1. The second-order valence-electron chi connectivity index (χ2n) is 8.59. The molecule has 0 aliphatic heterocycles. The van der Waals surface area contributed by atoms with Gasteiger partial charge in [-0.3, -0.25) is 0 Å². The van der Waals surface area contributed by atoms with E-state index in [2.05, 4.69) is 43.8 Å². The molecule has 3 N–H and O–H groups in total. The average molecular weight is 385 g/mol. The summed E-state index contributed by atoms with van der Waals surface area (Å²) >= 11 is 0. The minimum Gasteiger partial charge on any atom is -0.393 e. The predicted molar refractivity (Wildman–Crippen MR) is 117 cm³/mol. The van der Waals surface area contributed by atoms with Gasteiger partial charge in [-0.05, 0) is 73.8 Å². The van der Waals surface area contributed by atoms with Gasteiger partial charge < -0.3 is 15.3 Å². The first-order chi connectivity index (χ1) is 13.2. The van der Waals surface area contributed by atoms with Crippen LogP contribution in [0.15, 0.2) is 54.1 Å². The summed E-state index contributed by atoms with van der Waals surface area (Å²) in [6.07, 6.45) is 8.68. The largest absolute Gasteiger partial charge is 0.393 e. The maximum Gasteiger partial charge on any atom is 0.0811 e. The quantitative estimate of drug-likeness (QED) is 0.555. The fraction of sp³-hybridized carbons (Fsp3) is 0.520. The lowest BCUT2D eigenvalue weighted by Gasteiger charge is -2.26. The molecule has 1 saturated carbocycles. The molecule has 0 bridgehead atoms. The number of benzene rings is 1. The molecule has 1 aliphatic carbocycles. The standard InChI is InChI=1S/C25H36O3/c1-5-20(12-13-21-16-23(26)17-24(27)18(21)2)22-11-8-10-19(15-22)9-6-7-14-25(3,4)28/h8,10-13,15,23-24,26-28H,2,5-7,9,14,16-17H2,1,3-4H3/b20-12+,21-13-/t23-,24+/m1/s1. The van der Waals surface area contributed by atoms with Gasteiger partial charge in [0.05, 0.1) is 17.8 Å². The lowest BCUT2D eigenvalue weighted by molar-refractivity contribution is 0.0682. The molecule has 1 aliphatic rings. The third-order valence-corrected chi connectivity index (χ3v) is 5.43. The van der Waals surface area contributed by atoms with Gasteiger partial charge in [-0.1, -0.05) is 56.3 Å². The Morgan fingerprint density at radius 3 is 2.68 bits per heavy atom. The van der Waals surface area contributed by atoms with Crippen LogP contribution in [0.5, 0.6) is 0 Å². The van der Waals surface area contributed by atoms with Gasteiger partial charge in [-0.2, -0.15) is 0 Å². The molecular weight excluding hydrogens is 348 g/mol. The van der Waals surface area contributed by atoms with Crippen LogP contribution in [0.2, 0.25) is 0 Å². The number of rotatable bonds is 8. The highest BCUT2D eigenvalue weighted by Crippen LogP contribution is 2.29. The Morgan fingerprint density at radius 2 is 2.00 bits per heavy atom. The molecule has 154 valence electrons. The molecule has 1 aromatic rings. The van der Waals surface area contributed by atoms with Gasteiger partial charge in [-0.25, -0.2) is 0 Å². The topological polar surface area (TPSA) is 60.7 Å². The van der Waals surface area contributed by atoms with Crippen molar-refractivity contribution in [2.45, 2.75) is 83.5 Å². The van der Waals surface area contributed by atoms with E-state index < -0.39 is 17.8 Å².